The molecule has 0 aromatic heterocycles. The van der Waals surface area contributed by atoms with Crippen LogP contribution in [-0.2, 0) is 14.3 Å². The van der Waals surface area contributed by atoms with Crippen LogP contribution in [0.2, 0.25) is 0 Å². The van der Waals surface area contributed by atoms with Gasteiger partial charge in [0.1, 0.15) is 0 Å². The Kier molecular flexibility index (Phi) is 9.03. The van der Waals surface area contributed by atoms with Gasteiger partial charge in [-0.15, -0.1) is 0 Å². The summed E-state index contributed by atoms with van der Waals surface area (Å²) in [5.41, 5.74) is 2.88. The fourth-order valence-corrected chi connectivity index (χ4v) is 2.74. The normalized spacial score (nSPS) is 11.4. The number of esters is 1. The lowest BCUT2D eigenvalue weighted by Crippen LogP contribution is -3.11. The molecule has 1 atom stereocenters. The summed E-state index contributed by atoms with van der Waals surface area (Å²) >= 11 is 0. The van der Waals surface area contributed by atoms with Crippen LogP contribution < -0.4 is 15.5 Å². The SMILES string of the molecule is CCCCOC(=O)c1ccc(NC(=O)C[NH+](C)CC(=O)Nc2ccc(C)cc2)cc1. The van der Waals surface area contributed by atoms with Crippen LogP contribution in [0.5, 0.6) is 0 Å². The predicted octanol–water partition coefficient (Wildman–Crippen LogP) is 2.04. The number of hydrogen-bond donors (Lipinski definition) is 3. The van der Waals surface area contributed by atoms with E-state index in [1.807, 2.05) is 38.1 Å². The second-order valence-corrected chi connectivity index (χ2v) is 7.34. The second-order valence-electron chi connectivity index (χ2n) is 7.34. The van der Waals surface area contributed by atoms with Gasteiger partial charge in [-0.2, -0.15) is 0 Å². The van der Waals surface area contributed by atoms with E-state index in [4.69, 9.17) is 4.74 Å². The molecule has 2 aromatic carbocycles. The predicted molar refractivity (Wildman–Crippen MR) is 117 cm³/mol. The third kappa shape index (κ3) is 8.05. The smallest absolute Gasteiger partial charge is 0.338 e. The summed E-state index contributed by atoms with van der Waals surface area (Å²) in [4.78, 5) is 37.0. The van der Waals surface area contributed by atoms with Crippen LogP contribution in [-0.4, -0.2) is 44.5 Å². The van der Waals surface area contributed by atoms with Crippen LogP contribution in [0.3, 0.4) is 0 Å². The van der Waals surface area contributed by atoms with Crippen LogP contribution >= 0.6 is 0 Å². The number of ether oxygens (including phenoxy) is 1. The van der Waals surface area contributed by atoms with Crippen molar-refractivity contribution < 1.29 is 24.0 Å². The maximum atomic E-state index is 12.2. The molecule has 160 valence electrons. The molecular formula is C23H30N3O4+. The highest BCUT2D eigenvalue weighted by Gasteiger charge is 2.15. The molecule has 2 aromatic rings. The first-order valence-electron chi connectivity index (χ1n) is 10.1. The number of carbonyl (C=O) groups is 3. The maximum Gasteiger partial charge on any atom is 0.338 e. The van der Waals surface area contributed by atoms with Gasteiger partial charge in [0.05, 0.1) is 19.2 Å². The average Bonchev–Trinajstić information content (AvgIpc) is 2.70. The Morgan fingerprint density at radius 2 is 1.37 bits per heavy atom. The van der Waals surface area contributed by atoms with Crippen molar-refractivity contribution >= 4 is 29.2 Å². The van der Waals surface area contributed by atoms with E-state index in [1.54, 1.807) is 31.3 Å². The summed E-state index contributed by atoms with van der Waals surface area (Å²) in [6.45, 7) is 4.72. The highest BCUT2D eigenvalue weighted by molar-refractivity contribution is 5.94. The third-order valence-corrected chi connectivity index (χ3v) is 4.40. The Morgan fingerprint density at radius 1 is 0.867 bits per heavy atom. The summed E-state index contributed by atoms with van der Waals surface area (Å²) in [7, 11) is 1.78. The molecule has 0 saturated heterocycles. The summed E-state index contributed by atoms with van der Waals surface area (Å²) in [5, 5.41) is 5.60. The standard InChI is InChI=1S/C23H29N3O4/c1-4-5-14-30-23(29)18-8-12-20(13-9-18)25-22(28)16-26(3)15-21(27)24-19-10-6-17(2)7-11-19/h6-13H,4-5,14-16H2,1-3H3,(H,24,27)(H,25,28)/p+1. The van der Waals surface area contributed by atoms with Crippen molar-refractivity contribution in [2.24, 2.45) is 0 Å². The number of amides is 2. The first-order valence-corrected chi connectivity index (χ1v) is 10.1. The van der Waals surface area contributed by atoms with Gasteiger partial charge in [-0.1, -0.05) is 31.0 Å². The first-order chi connectivity index (χ1) is 14.4. The monoisotopic (exact) mass is 412 g/mol. The van der Waals surface area contributed by atoms with E-state index in [-0.39, 0.29) is 30.9 Å². The van der Waals surface area contributed by atoms with Crippen molar-refractivity contribution in [1.82, 2.24) is 0 Å². The molecule has 0 saturated carbocycles. The minimum Gasteiger partial charge on any atom is -0.462 e. The number of aryl methyl sites for hydroxylation is 1. The van der Waals surface area contributed by atoms with E-state index in [2.05, 4.69) is 10.6 Å². The molecule has 0 aliphatic carbocycles. The van der Waals surface area contributed by atoms with E-state index in [1.165, 1.54) is 0 Å². The second kappa shape index (κ2) is 11.7. The molecule has 7 nitrogen and oxygen atoms in total. The highest BCUT2D eigenvalue weighted by Crippen LogP contribution is 2.11. The van der Waals surface area contributed by atoms with Gasteiger partial charge in [0.25, 0.3) is 11.8 Å². The molecule has 0 radical (unpaired) electrons. The molecule has 0 bridgehead atoms. The molecule has 2 rings (SSSR count). The molecular weight excluding hydrogens is 382 g/mol. The van der Waals surface area contributed by atoms with Crippen molar-refractivity contribution in [3.8, 4) is 0 Å². The lowest BCUT2D eigenvalue weighted by atomic mass is 10.2. The number of rotatable bonds is 10. The largest absolute Gasteiger partial charge is 0.462 e. The van der Waals surface area contributed by atoms with Gasteiger partial charge < -0.3 is 20.3 Å². The summed E-state index contributed by atoms with van der Waals surface area (Å²) in [5.74, 6) is -0.742. The number of nitrogens with one attached hydrogen (secondary N) is 3. The molecule has 0 spiro atoms. The van der Waals surface area contributed by atoms with Gasteiger partial charge in [0.2, 0.25) is 0 Å². The van der Waals surface area contributed by atoms with Crippen LogP contribution in [0, 0.1) is 6.92 Å². The van der Waals surface area contributed by atoms with E-state index in [9.17, 15) is 14.4 Å². The Hall–Kier alpha value is -3.19. The molecule has 0 aliphatic heterocycles. The zero-order chi connectivity index (χ0) is 21.9. The summed E-state index contributed by atoms with van der Waals surface area (Å²) in [6.07, 6.45) is 1.79. The minimum absolute atomic E-state index is 0.141. The Morgan fingerprint density at radius 3 is 1.87 bits per heavy atom. The maximum absolute atomic E-state index is 12.2. The van der Waals surface area contributed by atoms with Crippen molar-refractivity contribution in [3.05, 3.63) is 59.7 Å². The Bertz CT molecular complexity index is 848. The third-order valence-electron chi connectivity index (χ3n) is 4.40. The lowest BCUT2D eigenvalue weighted by Gasteiger charge is -2.14. The zero-order valence-electron chi connectivity index (χ0n) is 17.8. The molecule has 0 heterocycles. The number of carbonyl (C=O) groups excluding carboxylic acids is 3. The number of quaternary nitrogens is 1. The van der Waals surface area contributed by atoms with Crippen molar-refractivity contribution in [2.45, 2.75) is 26.7 Å². The van der Waals surface area contributed by atoms with Crippen molar-refractivity contribution in [2.75, 3.05) is 37.4 Å². The van der Waals surface area contributed by atoms with E-state index in [0.29, 0.717) is 17.9 Å². The van der Waals surface area contributed by atoms with E-state index in [0.717, 1.165) is 29.0 Å². The molecule has 1 unspecified atom stereocenters. The van der Waals surface area contributed by atoms with Crippen LogP contribution in [0.1, 0.15) is 35.7 Å². The van der Waals surface area contributed by atoms with Gasteiger partial charge in [-0.05, 0) is 49.7 Å². The number of benzene rings is 2. The van der Waals surface area contributed by atoms with E-state index < -0.39 is 0 Å². The topological polar surface area (TPSA) is 88.9 Å². The number of anilines is 2. The highest BCUT2D eigenvalue weighted by atomic mass is 16.5. The zero-order valence-corrected chi connectivity index (χ0v) is 17.8. The first kappa shape index (κ1) is 23.1. The molecule has 0 aliphatic rings. The Labute approximate surface area is 177 Å². The van der Waals surface area contributed by atoms with Gasteiger partial charge in [0.15, 0.2) is 13.1 Å². The van der Waals surface area contributed by atoms with Crippen molar-refractivity contribution in [1.29, 1.82) is 0 Å². The fraction of sp³-hybridized carbons (Fsp3) is 0.348. The number of unbranched alkanes of at least 4 members (excludes halogenated alkanes) is 1. The Balaban J connectivity index is 1.76. The average molecular weight is 413 g/mol. The fourth-order valence-electron chi connectivity index (χ4n) is 2.74. The summed E-state index contributed by atoms with van der Waals surface area (Å²) < 4.78 is 5.16. The van der Waals surface area contributed by atoms with E-state index >= 15 is 0 Å². The molecule has 7 heteroatoms. The summed E-state index contributed by atoms with van der Waals surface area (Å²) in [6, 6.07) is 14.1. The van der Waals surface area contributed by atoms with Gasteiger partial charge in [0, 0.05) is 11.4 Å². The number of hydrogen-bond acceptors (Lipinski definition) is 4. The van der Waals surface area contributed by atoms with Crippen LogP contribution in [0.4, 0.5) is 11.4 Å². The van der Waals surface area contributed by atoms with Crippen LogP contribution in [0.25, 0.3) is 0 Å². The molecule has 30 heavy (non-hydrogen) atoms. The molecule has 0 fully saturated rings. The van der Waals surface area contributed by atoms with Gasteiger partial charge >= 0.3 is 5.97 Å². The quantitative estimate of drug-likeness (QED) is 0.412. The van der Waals surface area contributed by atoms with Gasteiger partial charge in [-0.3, -0.25) is 9.59 Å². The lowest BCUT2D eigenvalue weighted by molar-refractivity contribution is -0.862. The molecule has 2 amide bonds. The van der Waals surface area contributed by atoms with Crippen LogP contribution in [0.15, 0.2) is 48.5 Å². The van der Waals surface area contributed by atoms with Crippen molar-refractivity contribution in [3.63, 3.8) is 0 Å². The number of likely N-dealkylation sites (N-methyl/N-ethyl adjacent to an activating group) is 1. The van der Waals surface area contributed by atoms with Gasteiger partial charge in [-0.25, -0.2) is 4.79 Å². The minimum atomic E-state index is -0.370. The molecule has 3 N–H and O–H groups in total.